The van der Waals surface area contributed by atoms with Crippen LogP contribution in [0.1, 0.15) is 5.56 Å². The highest BCUT2D eigenvalue weighted by molar-refractivity contribution is 8.00. The minimum Gasteiger partial charge on any atom is -0.299 e. The van der Waals surface area contributed by atoms with Gasteiger partial charge in [0.15, 0.2) is 4.34 Å². The number of nitrogens with one attached hydrogen (secondary N) is 1. The third-order valence-corrected chi connectivity index (χ3v) is 7.86. The van der Waals surface area contributed by atoms with Crippen molar-refractivity contribution in [1.82, 2.24) is 14.5 Å². The SMILES string of the molecule is CN(C)S(=O)(=O)N(CC(=O)Nc1nnc(SCc2ccccc2)s1)c1ccc(F)cc1. The van der Waals surface area contributed by atoms with Crippen LogP contribution in [-0.4, -0.2) is 49.5 Å². The van der Waals surface area contributed by atoms with Crippen LogP contribution in [0.15, 0.2) is 58.9 Å². The molecule has 1 heterocycles. The summed E-state index contributed by atoms with van der Waals surface area (Å²) in [5.74, 6) is -0.390. The van der Waals surface area contributed by atoms with Crippen LogP contribution in [0.3, 0.4) is 0 Å². The van der Waals surface area contributed by atoms with Gasteiger partial charge < -0.3 is 0 Å². The van der Waals surface area contributed by atoms with Crippen molar-refractivity contribution >= 4 is 50.0 Å². The Kier molecular flexibility index (Phi) is 7.59. The van der Waals surface area contributed by atoms with Gasteiger partial charge in [0, 0.05) is 19.8 Å². The maximum Gasteiger partial charge on any atom is 0.304 e. The van der Waals surface area contributed by atoms with Gasteiger partial charge >= 0.3 is 10.2 Å². The molecule has 0 aliphatic heterocycles. The minimum atomic E-state index is -3.98. The van der Waals surface area contributed by atoms with Crippen molar-refractivity contribution in [3.63, 3.8) is 0 Å². The van der Waals surface area contributed by atoms with Gasteiger partial charge in [-0.15, -0.1) is 10.2 Å². The fourth-order valence-electron chi connectivity index (χ4n) is 2.44. The first-order valence-electron chi connectivity index (χ1n) is 9.01. The number of rotatable bonds is 9. The molecule has 0 radical (unpaired) electrons. The van der Waals surface area contributed by atoms with Crippen LogP contribution in [-0.2, 0) is 20.8 Å². The Morgan fingerprint density at radius 1 is 1.10 bits per heavy atom. The number of nitrogens with zero attached hydrogens (tertiary/aromatic N) is 4. The Morgan fingerprint density at radius 3 is 2.42 bits per heavy atom. The van der Waals surface area contributed by atoms with Gasteiger partial charge in [0.05, 0.1) is 5.69 Å². The summed E-state index contributed by atoms with van der Waals surface area (Å²) in [7, 11) is -1.28. The number of carbonyl (C=O) groups is 1. The summed E-state index contributed by atoms with van der Waals surface area (Å²) in [5.41, 5.74) is 1.30. The molecule has 0 unspecified atom stereocenters. The molecule has 0 saturated carbocycles. The average molecular weight is 482 g/mol. The smallest absolute Gasteiger partial charge is 0.299 e. The van der Waals surface area contributed by atoms with Gasteiger partial charge in [0.2, 0.25) is 11.0 Å². The fraction of sp³-hybridized carbons (Fsp3) is 0.211. The Labute approximate surface area is 188 Å². The second kappa shape index (κ2) is 10.2. The van der Waals surface area contributed by atoms with Gasteiger partial charge in [-0.05, 0) is 29.8 Å². The quantitative estimate of drug-likeness (QED) is 0.372. The molecule has 1 aromatic heterocycles. The highest BCUT2D eigenvalue weighted by Gasteiger charge is 2.27. The van der Waals surface area contributed by atoms with Gasteiger partial charge in [0.1, 0.15) is 12.4 Å². The molecule has 3 aromatic rings. The fourth-order valence-corrected chi connectivity index (χ4v) is 5.22. The van der Waals surface area contributed by atoms with E-state index in [0.717, 1.165) is 26.3 Å². The van der Waals surface area contributed by atoms with Crippen LogP contribution in [0.2, 0.25) is 0 Å². The van der Waals surface area contributed by atoms with Crippen molar-refractivity contribution in [3.8, 4) is 0 Å². The topological polar surface area (TPSA) is 95.5 Å². The summed E-state index contributed by atoms with van der Waals surface area (Å²) >= 11 is 2.69. The molecule has 31 heavy (non-hydrogen) atoms. The number of anilines is 2. The molecule has 3 rings (SSSR count). The number of benzene rings is 2. The number of halogens is 1. The van der Waals surface area contributed by atoms with Gasteiger partial charge in [-0.25, -0.2) is 8.70 Å². The molecule has 0 spiro atoms. The first kappa shape index (κ1) is 23.1. The molecule has 8 nitrogen and oxygen atoms in total. The van der Waals surface area contributed by atoms with Crippen LogP contribution < -0.4 is 9.62 Å². The summed E-state index contributed by atoms with van der Waals surface area (Å²) in [5, 5.41) is 10.8. The summed E-state index contributed by atoms with van der Waals surface area (Å²) in [6.45, 7) is -0.502. The predicted molar refractivity (Wildman–Crippen MR) is 121 cm³/mol. The lowest BCUT2D eigenvalue weighted by molar-refractivity contribution is -0.114. The third-order valence-electron chi connectivity index (χ3n) is 4.00. The van der Waals surface area contributed by atoms with E-state index in [1.807, 2.05) is 30.3 Å². The first-order valence-corrected chi connectivity index (χ1v) is 12.2. The van der Waals surface area contributed by atoms with Gasteiger partial charge in [-0.2, -0.15) is 12.7 Å². The summed E-state index contributed by atoms with van der Waals surface area (Å²) < 4.78 is 41.2. The summed E-state index contributed by atoms with van der Waals surface area (Å²) in [6, 6.07) is 14.7. The van der Waals surface area contributed by atoms with Gasteiger partial charge in [-0.1, -0.05) is 53.4 Å². The zero-order valence-corrected chi connectivity index (χ0v) is 19.2. The predicted octanol–water partition coefficient (Wildman–Crippen LogP) is 3.22. The van der Waals surface area contributed by atoms with E-state index < -0.39 is 28.5 Å². The number of amides is 1. The molecular formula is C19H20FN5O3S3. The molecule has 0 saturated heterocycles. The summed E-state index contributed by atoms with van der Waals surface area (Å²) in [4.78, 5) is 12.5. The molecule has 2 aromatic carbocycles. The number of thioether (sulfide) groups is 1. The number of hydrogen-bond donors (Lipinski definition) is 1. The zero-order valence-electron chi connectivity index (χ0n) is 16.7. The zero-order chi connectivity index (χ0) is 22.4. The second-order valence-electron chi connectivity index (χ2n) is 6.47. The largest absolute Gasteiger partial charge is 0.304 e. The standard InChI is InChI=1S/C19H20FN5O3S3/c1-24(2)31(27,28)25(16-10-8-15(20)9-11-16)12-17(26)21-18-22-23-19(30-18)29-13-14-6-4-3-5-7-14/h3-11H,12-13H2,1-2H3,(H,21,22,26). The molecule has 0 fully saturated rings. The highest BCUT2D eigenvalue weighted by atomic mass is 32.2. The Morgan fingerprint density at radius 2 is 1.77 bits per heavy atom. The van der Waals surface area contributed by atoms with Crippen LogP contribution in [0, 0.1) is 5.82 Å². The number of hydrogen-bond acceptors (Lipinski definition) is 7. The second-order valence-corrected chi connectivity index (χ2v) is 10.7. The van der Waals surface area contributed by atoms with Crippen molar-refractivity contribution in [3.05, 3.63) is 66.0 Å². The van der Waals surface area contributed by atoms with E-state index in [1.165, 1.54) is 49.3 Å². The normalized spacial score (nSPS) is 11.5. The van der Waals surface area contributed by atoms with E-state index in [4.69, 9.17) is 0 Å². The van der Waals surface area contributed by atoms with Gasteiger partial charge in [0.25, 0.3) is 0 Å². The van der Waals surface area contributed by atoms with E-state index in [2.05, 4.69) is 15.5 Å². The molecular weight excluding hydrogens is 461 g/mol. The monoisotopic (exact) mass is 481 g/mol. The molecule has 0 aliphatic carbocycles. The highest BCUT2D eigenvalue weighted by Crippen LogP contribution is 2.28. The lowest BCUT2D eigenvalue weighted by atomic mass is 10.2. The van der Waals surface area contributed by atoms with Crippen molar-refractivity contribution < 1.29 is 17.6 Å². The van der Waals surface area contributed by atoms with Crippen molar-refractivity contribution in [1.29, 1.82) is 0 Å². The Balaban J connectivity index is 1.67. The van der Waals surface area contributed by atoms with E-state index in [1.54, 1.807) is 0 Å². The van der Waals surface area contributed by atoms with Crippen molar-refractivity contribution in [2.75, 3.05) is 30.3 Å². The minimum absolute atomic E-state index is 0.168. The molecule has 0 aliphatic rings. The summed E-state index contributed by atoms with van der Waals surface area (Å²) in [6.07, 6.45) is 0. The van der Waals surface area contributed by atoms with E-state index in [-0.39, 0.29) is 10.8 Å². The molecule has 12 heteroatoms. The first-order chi connectivity index (χ1) is 14.8. The maximum atomic E-state index is 13.3. The average Bonchev–Trinajstić information content (AvgIpc) is 3.19. The van der Waals surface area contributed by atoms with Crippen molar-refractivity contribution in [2.24, 2.45) is 0 Å². The molecule has 1 N–H and O–H groups in total. The molecule has 0 bridgehead atoms. The Hall–Kier alpha value is -2.54. The lowest BCUT2D eigenvalue weighted by Crippen LogP contribution is -2.44. The Bertz CT molecular complexity index is 1120. The van der Waals surface area contributed by atoms with Gasteiger partial charge in [-0.3, -0.25) is 10.1 Å². The van der Waals surface area contributed by atoms with E-state index in [9.17, 15) is 17.6 Å². The molecule has 1 amide bonds. The third kappa shape index (κ3) is 6.23. The molecule has 164 valence electrons. The van der Waals surface area contributed by atoms with E-state index in [0.29, 0.717) is 10.1 Å². The number of carbonyl (C=O) groups excluding carboxylic acids is 1. The van der Waals surface area contributed by atoms with E-state index >= 15 is 0 Å². The van der Waals surface area contributed by atoms with Crippen LogP contribution in [0.5, 0.6) is 0 Å². The lowest BCUT2D eigenvalue weighted by Gasteiger charge is -2.26. The number of aromatic nitrogens is 2. The van der Waals surface area contributed by atoms with Crippen LogP contribution in [0.25, 0.3) is 0 Å². The van der Waals surface area contributed by atoms with Crippen LogP contribution in [0.4, 0.5) is 15.2 Å². The maximum absolute atomic E-state index is 13.3. The molecule has 0 atom stereocenters. The van der Waals surface area contributed by atoms with Crippen molar-refractivity contribution in [2.45, 2.75) is 10.1 Å². The van der Waals surface area contributed by atoms with Crippen LogP contribution >= 0.6 is 23.1 Å².